The normalized spacial score (nSPS) is 14.4. The van der Waals surface area contributed by atoms with Crippen LogP contribution in [0.3, 0.4) is 0 Å². The van der Waals surface area contributed by atoms with Crippen molar-refractivity contribution in [2.45, 2.75) is 6.61 Å². The van der Waals surface area contributed by atoms with E-state index in [2.05, 4.69) is 9.88 Å². The largest absolute Gasteiger partial charge is 0.442 e. The van der Waals surface area contributed by atoms with Crippen LogP contribution in [0, 0.1) is 0 Å². The van der Waals surface area contributed by atoms with Crippen LogP contribution in [0.1, 0.15) is 15.4 Å². The van der Waals surface area contributed by atoms with E-state index in [1.807, 2.05) is 36.4 Å². The van der Waals surface area contributed by atoms with E-state index in [9.17, 15) is 9.59 Å². The van der Waals surface area contributed by atoms with Crippen molar-refractivity contribution in [1.29, 1.82) is 0 Å². The molecule has 138 valence electrons. The molecule has 4 rings (SSSR count). The SMILES string of the molecule is O=Cc1ccc(N2CCN(C(=O)OCc3nc4ccccc4s3)CC2)cc1. The number of hydrogen-bond acceptors (Lipinski definition) is 6. The molecular weight excluding hydrogens is 362 g/mol. The highest BCUT2D eigenvalue weighted by molar-refractivity contribution is 7.18. The Labute approximate surface area is 161 Å². The van der Waals surface area contributed by atoms with E-state index in [0.717, 1.165) is 40.3 Å². The van der Waals surface area contributed by atoms with Gasteiger partial charge in [-0.3, -0.25) is 4.79 Å². The van der Waals surface area contributed by atoms with Crippen LogP contribution in [0.2, 0.25) is 0 Å². The van der Waals surface area contributed by atoms with Crippen molar-refractivity contribution in [3.63, 3.8) is 0 Å². The Morgan fingerprint density at radius 2 is 1.81 bits per heavy atom. The Balaban J connectivity index is 1.29. The quantitative estimate of drug-likeness (QED) is 0.647. The lowest BCUT2D eigenvalue weighted by Gasteiger charge is -2.35. The van der Waals surface area contributed by atoms with Crippen molar-refractivity contribution in [1.82, 2.24) is 9.88 Å². The fraction of sp³-hybridized carbons (Fsp3) is 0.250. The van der Waals surface area contributed by atoms with Crippen molar-refractivity contribution in [3.8, 4) is 0 Å². The average molecular weight is 381 g/mol. The number of para-hydroxylation sites is 1. The highest BCUT2D eigenvalue weighted by Gasteiger charge is 2.22. The number of carbonyl (C=O) groups is 2. The summed E-state index contributed by atoms with van der Waals surface area (Å²) in [5.41, 5.74) is 2.65. The van der Waals surface area contributed by atoms with Gasteiger partial charge < -0.3 is 14.5 Å². The minimum Gasteiger partial charge on any atom is -0.442 e. The summed E-state index contributed by atoms with van der Waals surface area (Å²) >= 11 is 1.55. The Kier molecular flexibility index (Phi) is 5.02. The fourth-order valence-corrected chi connectivity index (χ4v) is 3.99. The minimum atomic E-state index is -0.301. The lowest BCUT2D eigenvalue weighted by Crippen LogP contribution is -2.48. The zero-order chi connectivity index (χ0) is 18.6. The third kappa shape index (κ3) is 3.93. The molecule has 1 aromatic heterocycles. The summed E-state index contributed by atoms with van der Waals surface area (Å²) < 4.78 is 6.54. The van der Waals surface area contributed by atoms with Gasteiger partial charge in [0.05, 0.1) is 10.2 Å². The van der Waals surface area contributed by atoms with Crippen LogP contribution >= 0.6 is 11.3 Å². The lowest BCUT2D eigenvalue weighted by molar-refractivity contribution is 0.0941. The number of thiazole rings is 1. The number of amides is 1. The molecule has 0 bridgehead atoms. The monoisotopic (exact) mass is 381 g/mol. The van der Waals surface area contributed by atoms with Gasteiger partial charge in [-0.1, -0.05) is 12.1 Å². The second-order valence-electron chi connectivity index (χ2n) is 6.31. The van der Waals surface area contributed by atoms with Gasteiger partial charge in [0.2, 0.25) is 0 Å². The number of carbonyl (C=O) groups excluding carboxylic acids is 2. The first kappa shape index (κ1) is 17.5. The molecule has 0 N–H and O–H groups in total. The van der Waals surface area contributed by atoms with Crippen LogP contribution in [0.15, 0.2) is 48.5 Å². The molecule has 0 saturated carbocycles. The molecule has 0 radical (unpaired) electrons. The van der Waals surface area contributed by atoms with E-state index in [1.165, 1.54) is 0 Å². The van der Waals surface area contributed by atoms with E-state index in [1.54, 1.807) is 28.4 Å². The number of hydrogen-bond donors (Lipinski definition) is 0. The number of aldehydes is 1. The van der Waals surface area contributed by atoms with E-state index in [4.69, 9.17) is 4.74 Å². The van der Waals surface area contributed by atoms with Crippen LogP contribution in [0.5, 0.6) is 0 Å². The van der Waals surface area contributed by atoms with Gasteiger partial charge in [0.15, 0.2) is 0 Å². The smallest absolute Gasteiger partial charge is 0.410 e. The molecule has 1 saturated heterocycles. The standard InChI is InChI=1S/C20H19N3O3S/c24-13-15-5-7-16(8-6-15)22-9-11-23(12-10-22)20(25)26-14-19-21-17-3-1-2-4-18(17)27-19/h1-8,13H,9-12,14H2. The maximum atomic E-state index is 12.3. The van der Waals surface area contributed by atoms with Crippen LogP contribution in [-0.2, 0) is 11.3 Å². The zero-order valence-corrected chi connectivity index (χ0v) is 15.5. The van der Waals surface area contributed by atoms with Crippen molar-refractivity contribution >= 4 is 39.6 Å². The number of fused-ring (bicyclic) bond motifs is 1. The maximum absolute atomic E-state index is 12.3. The fourth-order valence-electron chi connectivity index (χ4n) is 3.11. The molecule has 27 heavy (non-hydrogen) atoms. The summed E-state index contributed by atoms with van der Waals surface area (Å²) in [5.74, 6) is 0. The van der Waals surface area contributed by atoms with Crippen LogP contribution < -0.4 is 4.90 Å². The second kappa shape index (κ2) is 7.75. The number of anilines is 1. The molecule has 1 aliphatic rings. The molecule has 0 unspecified atom stereocenters. The highest BCUT2D eigenvalue weighted by atomic mass is 32.1. The van der Waals surface area contributed by atoms with Crippen molar-refractivity contribution in [3.05, 3.63) is 59.1 Å². The molecule has 0 spiro atoms. The predicted molar refractivity (Wildman–Crippen MR) is 105 cm³/mol. The van der Waals surface area contributed by atoms with E-state index >= 15 is 0 Å². The lowest BCUT2D eigenvalue weighted by atomic mass is 10.2. The number of benzene rings is 2. The third-order valence-electron chi connectivity index (χ3n) is 4.59. The van der Waals surface area contributed by atoms with E-state index in [0.29, 0.717) is 18.7 Å². The van der Waals surface area contributed by atoms with E-state index < -0.39 is 0 Å². The van der Waals surface area contributed by atoms with Crippen LogP contribution in [-0.4, -0.2) is 48.4 Å². The molecule has 0 aliphatic carbocycles. The zero-order valence-electron chi connectivity index (χ0n) is 14.7. The summed E-state index contributed by atoms with van der Waals surface area (Å²) in [6.45, 7) is 2.88. The summed E-state index contributed by atoms with van der Waals surface area (Å²) in [7, 11) is 0. The summed E-state index contributed by atoms with van der Waals surface area (Å²) in [6.07, 6.45) is 0.536. The number of rotatable bonds is 4. The predicted octanol–water partition coefficient (Wildman–Crippen LogP) is 3.57. The van der Waals surface area contributed by atoms with Gasteiger partial charge in [-0.05, 0) is 36.4 Å². The molecule has 6 nitrogen and oxygen atoms in total. The molecule has 1 fully saturated rings. The van der Waals surface area contributed by atoms with Gasteiger partial charge in [0.25, 0.3) is 0 Å². The number of piperazine rings is 1. The molecular formula is C20H19N3O3S. The Morgan fingerprint density at radius 1 is 1.07 bits per heavy atom. The summed E-state index contributed by atoms with van der Waals surface area (Å²) in [6, 6.07) is 15.4. The molecule has 1 amide bonds. The Bertz CT molecular complexity index is 914. The van der Waals surface area contributed by atoms with Crippen LogP contribution in [0.4, 0.5) is 10.5 Å². The topological polar surface area (TPSA) is 62.7 Å². The van der Waals surface area contributed by atoms with Gasteiger partial charge in [-0.15, -0.1) is 11.3 Å². The van der Waals surface area contributed by atoms with Crippen LogP contribution in [0.25, 0.3) is 10.2 Å². The Morgan fingerprint density at radius 3 is 2.52 bits per heavy atom. The molecule has 2 aromatic carbocycles. The second-order valence-corrected chi connectivity index (χ2v) is 7.43. The van der Waals surface area contributed by atoms with Crippen molar-refractivity contribution < 1.29 is 14.3 Å². The van der Waals surface area contributed by atoms with Gasteiger partial charge in [0.1, 0.15) is 17.9 Å². The molecule has 1 aliphatic heterocycles. The van der Waals surface area contributed by atoms with Gasteiger partial charge in [-0.2, -0.15) is 0 Å². The first-order valence-corrected chi connectivity index (χ1v) is 9.61. The minimum absolute atomic E-state index is 0.200. The van der Waals surface area contributed by atoms with Gasteiger partial charge in [0, 0.05) is 37.4 Å². The third-order valence-corrected chi connectivity index (χ3v) is 5.60. The average Bonchev–Trinajstić information content (AvgIpc) is 3.15. The maximum Gasteiger partial charge on any atom is 0.410 e. The van der Waals surface area contributed by atoms with Crippen molar-refractivity contribution in [2.75, 3.05) is 31.1 Å². The number of nitrogens with zero attached hydrogens (tertiary/aromatic N) is 3. The molecule has 2 heterocycles. The molecule has 3 aromatic rings. The number of aromatic nitrogens is 1. The summed E-state index contributed by atoms with van der Waals surface area (Å²) in [4.78, 5) is 31.5. The first-order valence-electron chi connectivity index (χ1n) is 8.79. The molecule has 7 heteroatoms. The first-order chi connectivity index (χ1) is 13.2. The molecule has 0 atom stereocenters. The van der Waals surface area contributed by atoms with Gasteiger partial charge in [-0.25, -0.2) is 9.78 Å². The van der Waals surface area contributed by atoms with E-state index in [-0.39, 0.29) is 12.7 Å². The Hall–Kier alpha value is -2.93. The summed E-state index contributed by atoms with van der Waals surface area (Å²) in [5, 5.41) is 0.804. The van der Waals surface area contributed by atoms with Crippen molar-refractivity contribution in [2.24, 2.45) is 0 Å². The highest BCUT2D eigenvalue weighted by Crippen LogP contribution is 2.22. The number of ether oxygens (including phenoxy) is 1. The van der Waals surface area contributed by atoms with Gasteiger partial charge >= 0.3 is 6.09 Å².